The number of carboxylic acids is 1. The fraction of sp³-hybridized carbons (Fsp3) is 0.222. The second-order valence-corrected chi connectivity index (χ2v) is 4.18. The average Bonchev–Trinajstić information content (AvgIpc) is 2.19. The quantitative estimate of drug-likeness (QED) is 0.791. The molecule has 4 nitrogen and oxygen atoms in total. The zero-order valence-corrected chi connectivity index (χ0v) is 9.73. The van der Waals surface area contributed by atoms with Crippen molar-refractivity contribution >= 4 is 33.5 Å². The van der Waals surface area contributed by atoms with Crippen LogP contribution in [0.5, 0.6) is 0 Å². The van der Waals surface area contributed by atoms with E-state index in [1.165, 1.54) is 6.07 Å². The Kier molecular flexibility index (Phi) is 4.10. The zero-order valence-electron chi connectivity index (χ0n) is 7.39. The Balaban J connectivity index is 3.04. The summed E-state index contributed by atoms with van der Waals surface area (Å²) in [5.41, 5.74) is 0.234. The van der Waals surface area contributed by atoms with Gasteiger partial charge in [0.1, 0.15) is 6.10 Å². The maximum atomic E-state index is 10.5. The van der Waals surface area contributed by atoms with Gasteiger partial charge in [-0.3, -0.25) is 0 Å². The van der Waals surface area contributed by atoms with Crippen molar-refractivity contribution in [3.63, 3.8) is 0 Å². The highest BCUT2D eigenvalue weighted by Gasteiger charge is 2.26. The van der Waals surface area contributed by atoms with E-state index in [1.54, 1.807) is 12.1 Å². The average molecular weight is 296 g/mol. The van der Waals surface area contributed by atoms with Crippen LogP contribution in [0.2, 0.25) is 5.02 Å². The minimum atomic E-state index is -1.88. The van der Waals surface area contributed by atoms with Crippen LogP contribution in [0.3, 0.4) is 0 Å². The second kappa shape index (κ2) is 4.94. The van der Waals surface area contributed by atoms with Gasteiger partial charge in [0.2, 0.25) is 0 Å². The van der Waals surface area contributed by atoms with Crippen molar-refractivity contribution in [1.29, 1.82) is 0 Å². The second-order valence-electron chi connectivity index (χ2n) is 2.89. The number of carbonyl (C=O) groups is 1. The molecule has 1 aromatic rings. The molecule has 0 aliphatic rings. The lowest BCUT2D eigenvalue weighted by Gasteiger charge is -2.15. The molecular formula is C9H8BrClO4. The standard InChI is InChI=1S/C9H8BrClO4/c10-6-2-1-4(11)3-5(6)7(12)8(13)9(14)15/h1-3,7-8,12-13H,(H,14,15). The Labute approximate surface area is 99.2 Å². The molecule has 2 unspecified atom stereocenters. The molecule has 0 fully saturated rings. The van der Waals surface area contributed by atoms with E-state index in [0.717, 1.165) is 0 Å². The lowest BCUT2D eigenvalue weighted by atomic mass is 10.0. The van der Waals surface area contributed by atoms with Crippen LogP contribution in [-0.2, 0) is 4.79 Å². The Hall–Kier alpha value is -0.620. The molecule has 0 amide bonds. The number of aliphatic hydroxyl groups is 2. The lowest BCUT2D eigenvalue weighted by molar-refractivity contribution is -0.153. The minimum absolute atomic E-state index is 0.234. The first-order valence-corrected chi connectivity index (χ1v) is 5.14. The summed E-state index contributed by atoms with van der Waals surface area (Å²) >= 11 is 8.81. The number of aliphatic carboxylic acids is 1. The van der Waals surface area contributed by atoms with E-state index in [4.69, 9.17) is 21.8 Å². The topological polar surface area (TPSA) is 77.8 Å². The number of rotatable bonds is 3. The van der Waals surface area contributed by atoms with Crippen LogP contribution in [0.15, 0.2) is 22.7 Å². The molecule has 82 valence electrons. The normalized spacial score (nSPS) is 14.7. The van der Waals surface area contributed by atoms with E-state index >= 15 is 0 Å². The molecule has 1 aromatic carbocycles. The first kappa shape index (κ1) is 12.4. The molecule has 3 N–H and O–H groups in total. The van der Waals surface area contributed by atoms with Crippen molar-refractivity contribution in [3.05, 3.63) is 33.3 Å². The molecule has 1 rings (SSSR count). The number of benzene rings is 1. The van der Waals surface area contributed by atoms with Gasteiger partial charge in [-0.1, -0.05) is 27.5 Å². The van der Waals surface area contributed by atoms with Gasteiger partial charge in [-0.15, -0.1) is 0 Å². The van der Waals surface area contributed by atoms with Crippen LogP contribution in [0, 0.1) is 0 Å². The van der Waals surface area contributed by atoms with Crippen molar-refractivity contribution in [3.8, 4) is 0 Å². The number of halogens is 2. The van der Waals surface area contributed by atoms with Crippen LogP contribution >= 0.6 is 27.5 Å². The summed E-state index contributed by atoms with van der Waals surface area (Å²) in [5.74, 6) is -1.49. The van der Waals surface area contributed by atoms with Crippen molar-refractivity contribution in [2.24, 2.45) is 0 Å². The van der Waals surface area contributed by atoms with Gasteiger partial charge >= 0.3 is 5.97 Å². The molecular weight excluding hydrogens is 287 g/mol. The number of hydrogen-bond donors (Lipinski definition) is 3. The summed E-state index contributed by atoms with van der Waals surface area (Å²) in [6.45, 7) is 0. The molecule has 0 heterocycles. The van der Waals surface area contributed by atoms with E-state index in [1.807, 2.05) is 0 Å². The number of aliphatic hydroxyl groups excluding tert-OH is 2. The number of carboxylic acid groups (broad SMARTS) is 1. The summed E-state index contributed by atoms with van der Waals surface area (Å²) in [6, 6.07) is 4.53. The van der Waals surface area contributed by atoms with E-state index in [0.29, 0.717) is 9.50 Å². The Morgan fingerprint density at radius 3 is 2.53 bits per heavy atom. The van der Waals surface area contributed by atoms with Crippen LogP contribution in [0.4, 0.5) is 0 Å². The summed E-state index contributed by atoms with van der Waals surface area (Å²) in [6.07, 6.45) is -3.39. The first-order chi connectivity index (χ1) is 6.93. The Bertz CT molecular complexity index is 382. The molecule has 15 heavy (non-hydrogen) atoms. The predicted molar refractivity (Wildman–Crippen MR) is 57.8 cm³/mol. The molecule has 0 spiro atoms. The molecule has 2 atom stereocenters. The molecule has 0 radical (unpaired) electrons. The highest BCUT2D eigenvalue weighted by atomic mass is 79.9. The number of hydrogen-bond acceptors (Lipinski definition) is 3. The minimum Gasteiger partial charge on any atom is -0.479 e. The highest BCUT2D eigenvalue weighted by Crippen LogP contribution is 2.28. The molecule has 0 saturated heterocycles. The molecule has 0 saturated carbocycles. The maximum Gasteiger partial charge on any atom is 0.335 e. The van der Waals surface area contributed by atoms with Crippen molar-refractivity contribution < 1.29 is 20.1 Å². The smallest absolute Gasteiger partial charge is 0.335 e. The van der Waals surface area contributed by atoms with Gasteiger partial charge in [-0.25, -0.2) is 4.79 Å². The molecule has 0 aliphatic heterocycles. The third kappa shape index (κ3) is 2.92. The van der Waals surface area contributed by atoms with Crippen molar-refractivity contribution in [2.45, 2.75) is 12.2 Å². The summed E-state index contributed by atoms with van der Waals surface area (Å²) in [7, 11) is 0. The molecule has 0 bridgehead atoms. The first-order valence-electron chi connectivity index (χ1n) is 3.97. The SMILES string of the molecule is O=C(O)C(O)C(O)c1cc(Cl)ccc1Br. The van der Waals surface area contributed by atoms with Crippen LogP contribution in [0.25, 0.3) is 0 Å². The summed E-state index contributed by atoms with van der Waals surface area (Å²) in [5, 5.41) is 27.6. The fourth-order valence-electron chi connectivity index (χ4n) is 1.05. The van der Waals surface area contributed by atoms with Gasteiger partial charge in [-0.2, -0.15) is 0 Å². The van der Waals surface area contributed by atoms with Crippen LogP contribution in [0.1, 0.15) is 11.7 Å². The van der Waals surface area contributed by atoms with E-state index in [-0.39, 0.29) is 5.56 Å². The monoisotopic (exact) mass is 294 g/mol. The lowest BCUT2D eigenvalue weighted by Crippen LogP contribution is -2.27. The van der Waals surface area contributed by atoms with Gasteiger partial charge in [0.15, 0.2) is 6.10 Å². The van der Waals surface area contributed by atoms with Crippen molar-refractivity contribution in [2.75, 3.05) is 0 Å². The van der Waals surface area contributed by atoms with Gasteiger partial charge < -0.3 is 15.3 Å². The summed E-state index contributed by atoms with van der Waals surface area (Å²) in [4.78, 5) is 10.5. The summed E-state index contributed by atoms with van der Waals surface area (Å²) < 4.78 is 0.486. The van der Waals surface area contributed by atoms with Crippen molar-refractivity contribution in [1.82, 2.24) is 0 Å². The van der Waals surface area contributed by atoms with Gasteiger partial charge in [0.05, 0.1) is 0 Å². The van der Waals surface area contributed by atoms with Gasteiger partial charge in [-0.05, 0) is 23.8 Å². The van der Waals surface area contributed by atoms with E-state index < -0.39 is 18.2 Å². The highest BCUT2D eigenvalue weighted by molar-refractivity contribution is 9.10. The predicted octanol–water partition coefficient (Wildman–Crippen LogP) is 1.58. The molecule has 0 aliphatic carbocycles. The Morgan fingerprint density at radius 1 is 1.40 bits per heavy atom. The third-order valence-electron chi connectivity index (χ3n) is 1.83. The maximum absolute atomic E-state index is 10.5. The molecule has 0 aromatic heterocycles. The van der Waals surface area contributed by atoms with Gasteiger partial charge in [0, 0.05) is 9.50 Å². The Morgan fingerprint density at radius 2 is 2.00 bits per heavy atom. The third-order valence-corrected chi connectivity index (χ3v) is 2.79. The molecule has 6 heteroatoms. The van der Waals surface area contributed by atoms with Gasteiger partial charge in [0.25, 0.3) is 0 Å². The largest absolute Gasteiger partial charge is 0.479 e. The fourth-order valence-corrected chi connectivity index (χ4v) is 1.71. The van der Waals surface area contributed by atoms with Crippen LogP contribution < -0.4 is 0 Å². The zero-order chi connectivity index (χ0) is 11.6. The van der Waals surface area contributed by atoms with E-state index in [2.05, 4.69) is 15.9 Å². The van der Waals surface area contributed by atoms with E-state index in [9.17, 15) is 9.90 Å². The van der Waals surface area contributed by atoms with Crippen LogP contribution in [-0.4, -0.2) is 27.4 Å².